The van der Waals surface area contributed by atoms with Crippen molar-refractivity contribution in [3.63, 3.8) is 0 Å². The van der Waals surface area contributed by atoms with Gasteiger partial charge < -0.3 is 10.4 Å². The lowest BCUT2D eigenvalue weighted by atomic mass is 10.1. The molecule has 6 heteroatoms. The zero-order valence-corrected chi connectivity index (χ0v) is 10.8. The lowest BCUT2D eigenvalue weighted by molar-refractivity contribution is -0.116. The molecule has 0 spiro atoms. The predicted molar refractivity (Wildman–Crippen MR) is 73.7 cm³/mol. The Kier molecular flexibility index (Phi) is 4.87. The van der Waals surface area contributed by atoms with E-state index in [9.17, 15) is 4.79 Å². The fraction of sp³-hybridized carbons (Fsp3) is 0.214. The summed E-state index contributed by atoms with van der Waals surface area (Å²) in [5, 5.41) is 15.4. The van der Waals surface area contributed by atoms with E-state index >= 15 is 0 Å². The quantitative estimate of drug-likeness (QED) is 0.799. The Hall–Kier alpha value is -2.65. The Labute approximate surface area is 116 Å². The number of nitrogens with zero attached hydrogens (tertiary/aromatic N) is 3. The van der Waals surface area contributed by atoms with Crippen molar-refractivity contribution in [2.45, 2.75) is 13.0 Å². The van der Waals surface area contributed by atoms with Crippen molar-refractivity contribution < 1.29 is 9.90 Å². The normalized spacial score (nSPS) is 9.65. The molecule has 6 nitrogen and oxygen atoms in total. The largest absolute Gasteiger partial charge is 0.395 e. The average Bonchev–Trinajstić information content (AvgIpc) is 2.93. The number of carbonyl (C=O) groups is 1. The van der Waals surface area contributed by atoms with E-state index in [4.69, 9.17) is 5.11 Å². The van der Waals surface area contributed by atoms with Gasteiger partial charge in [-0.05, 0) is 12.1 Å². The van der Waals surface area contributed by atoms with Crippen LogP contribution in [0, 0.1) is 11.8 Å². The van der Waals surface area contributed by atoms with Crippen LogP contribution in [0.5, 0.6) is 0 Å². The highest BCUT2D eigenvalue weighted by molar-refractivity contribution is 5.91. The molecule has 0 bridgehead atoms. The number of nitrogens with one attached hydrogen (secondary N) is 1. The minimum atomic E-state index is -0.202. The topological polar surface area (TPSA) is 80.0 Å². The van der Waals surface area contributed by atoms with Crippen molar-refractivity contribution in [3.05, 3.63) is 42.5 Å². The highest BCUT2D eigenvalue weighted by Crippen LogP contribution is 2.13. The maximum absolute atomic E-state index is 11.9. The number of hydrogen-bond donors (Lipinski definition) is 2. The molecular formula is C14H14N4O2. The number of carbonyl (C=O) groups excluding carboxylic acids is 1. The van der Waals surface area contributed by atoms with E-state index in [-0.39, 0.29) is 19.1 Å². The molecule has 0 fully saturated rings. The molecule has 1 heterocycles. The number of para-hydroxylation sites is 1. The van der Waals surface area contributed by atoms with Gasteiger partial charge >= 0.3 is 0 Å². The number of aromatic nitrogens is 3. The summed E-state index contributed by atoms with van der Waals surface area (Å²) >= 11 is 0. The number of aliphatic hydroxyl groups is 1. The first-order valence-corrected chi connectivity index (χ1v) is 6.10. The molecule has 2 rings (SSSR count). The van der Waals surface area contributed by atoms with Crippen molar-refractivity contribution in [1.82, 2.24) is 14.8 Å². The standard InChI is InChI=1S/C14H14N4O2/c19-8-4-3-6-12-5-1-2-7-13(12)17-14(20)9-18-11-15-10-16-18/h1-2,5,7,10-11,19H,4,8-9H2,(H,17,20). The van der Waals surface area contributed by atoms with Gasteiger partial charge in [-0.25, -0.2) is 9.67 Å². The van der Waals surface area contributed by atoms with E-state index in [1.165, 1.54) is 17.3 Å². The van der Waals surface area contributed by atoms with Crippen LogP contribution in [-0.4, -0.2) is 32.4 Å². The number of amides is 1. The van der Waals surface area contributed by atoms with Gasteiger partial charge in [0.15, 0.2) is 0 Å². The van der Waals surface area contributed by atoms with Crippen molar-refractivity contribution >= 4 is 11.6 Å². The maximum Gasteiger partial charge on any atom is 0.246 e. The van der Waals surface area contributed by atoms with E-state index in [2.05, 4.69) is 27.2 Å². The number of hydrogen-bond acceptors (Lipinski definition) is 4. The van der Waals surface area contributed by atoms with Crippen LogP contribution >= 0.6 is 0 Å². The fourth-order valence-electron chi connectivity index (χ4n) is 1.57. The van der Waals surface area contributed by atoms with Gasteiger partial charge in [0.2, 0.25) is 5.91 Å². The lowest BCUT2D eigenvalue weighted by Gasteiger charge is -2.07. The van der Waals surface area contributed by atoms with Gasteiger partial charge in [0.05, 0.1) is 12.3 Å². The third-order valence-corrected chi connectivity index (χ3v) is 2.43. The number of rotatable bonds is 4. The smallest absolute Gasteiger partial charge is 0.246 e. The number of aliphatic hydroxyl groups excluding tert-OH is 1. The summed E-state index contributed by atoms with van der Waals surface area (Å²) in [6.07, 6.45) is 3.26. The SMILES string of the molecule is O=C(Cn1cncn1)Nc1ccccc1C#CCCO. The molecule has 1 amide bonds. The van der Waals surface area contributed by atoms with Gasteiger partial charge in [-0.3, -0.25) is 4.79 Å². The second-order valence-corrected chi connectivity index (χ2v) is 3.96. The van der Waals surface area contributed by atoms with Crippen LogP contribution in [0.15, 0.2) is 36.9 Å². The van der Waals surface area contributed by atoms with E-state index in [0.717, 1.165) is 0 Å². The summed E-state index contributed by atoms with van der Waals surface area (Å²) in [6.45, 7) is 0.117. The van der Waals surface area contributed by atoms with Gasteiger partial charge in [0, 0.05) is 12.0 Å². The highest BCUT2D eigenvalue weighted by atomic mass is 16.2. The van der Waals surface area contributed by atoms with Crippen molar-refractivity contribution in [1.29, 1.82) is 0 Å². The second-order valence-electron chi connectivity index (χ2n) is 3.96. The molecule has 0 radical (unpaired) electrons. The molecule has 0 aliphatic carbocycles. The van der Waals surface area contributed by atoms with Gasteiger partial charge in [-0.15, -0.1) is 0 Å². The first-order valence-electron chi connectivity index (χ1n) is 6.10. The summed E-state index contributed by atoms with van der Waals surface area (Å²) < 4.78 is 1.44. The van der Waals surface area contributed by atoms with Crippen molar-refractivity contribution in [2.24, 2.45) is 0 Å². The zero-order valence-electron chi connectivity index (χ0n) is 10.8. The molecule has 0 saturated heterocycles. The minimum absolute atomic E-state index is 0.0217. The summed E-state index contributed by atoms with van der Waals surface area (Å²) in [7, 11) is 0. The molecule has 2 aromatic rings. The van der Waals surface area contributed by atoms with Crippen LogP contribution in [0.3, 0.4) is 0 Å². The molecule has 0 aliphatic rings. The first-order chi connectivity index (χ1) is 9.79. The fourth-order valence-corrected chi connectivity index (χ4v) is 1.57. The molecule has 20 heavy (non-hydrogen) atoms. The Bertz CT molecular complexity index is 626. The van der Waals surface area contributed by atoms with Gasteiger partial charge in [0.25, 0.3) is 0 Å². The van der Waals surface area contributed by atoms with E-state index in [1.807, 2.05) is 18.2 Å². The number of benzene rings is 1. The zero-order chi connectivity index (χ0) is 14.2. The minimum Gasteiger partial charge on any atom is -0.395 e. The molecule has 0 unspecified atom stereocenters. The van der Waals surface area contributed by atoms with E-state index in [0.29, 0.717) is 17.7 Å². The van der Waals surface area contributed by atoms with Crippen LogP contribution in [0.2, 0.25) is 0 Å². The van der Waals surface area contributed by atoms with Crippen LogP contribution in [0.1, 0.15) is 12.0 Å². The Morgan fingerprint density at radius 3 is 3.00 bits per heavy atom. The molecule has 2 N–H and O–H groups in total. The summed E-state index contributed by atoms with van der Waals surface area (Å²) in [6, 6.07) is 7.26. The molecule has 1 aromatic carbocycles. The van der Waals surface area contributed by atoms with Crippen LogP contribution in [-0.2, 0) is 11.3 Å². The Balaban J connectivity index is 2.05. The van der Waals surface area contributed by atoms with Gasteiger partial charge in [-0.1, -0.05) is 24.0 Å². The van der Waals surface area contributed by atoms with Gasteiger partial charge in [0.1, 0.15) is 19.2 Å². The molecule has 0 aliphatic heterocycles. The summed E-state index contributed by atoms with van der Waals surface area (Å²) in [4.78, 5) is 15.6. The summed E-state index contributed by atoms with van der Waals surface area (Å²) in [5.41, 5.74) is 1.36. The third kappa shape index (κ3) is 3.93. The number of anilines is 1. The van der Waals surface area contributed by atoms with E-state index in [1.54, 1.807) is 6.07 Å². The Morgan fingerprint density at radius 1 is 1.40 bits per heavy atom. The molecule has 102 valence electrons. The molecule has 0 saturated carbocycles. The first kappa shape index (κ1) is 13.8. The van der Waals surface area contributed by atoms with Crippen LogP contribution < -0.4 is 5.32 Å². The average molecular weight is 270 g/mol. The molecule has 1 aromatic heterocycles. The van der Waals surface area contributed by atoms with Crippen LogP contribution in [0.25, 0.3) is 0 Å². The highest BCUT2D eigenvalue weighted by Gasteiger charge is 2.06. The monoisotopic (exact) mass is 270 g/mol. The third-order valence-electron chi connectivity index (χ3n) is 2.43. The Morgan fingerprint density at radius 2 is 2.25 bits per heavy atom. The second kappa shape index (κ2) is 7.07. The van der Waals surface area contributed by atoms with Gasteiger partial charge in [-0.2, -0.15) is 5.10 Å². The maximum atomic E-state index is 11.9. The van der Waals surface area contributed by atoms with E-state index < -0.39 is 0 Å². The predicted octanol–water partition coefficient (Wildman–Crippen LogP) is 0.651. The molecule has 0 atom stereocenters. The summed E-state index contributed by atoms with van der Waals surface area (Å²) in [5.74, 6) is 5.55. The van der Waals surface area contributed by atoms with Crippen molar-refractivity contribution in [2.75, 3.05) is 11.9 Å². The van der Waals surface area contributed by atoms with Crippen LogP contribution in [0.4, 0.5) is 5.69 Å². The lowest BCUT2D eigenvalue weighted by Crippen LogP contribution is -2.19. The molecular weight excluding hydrogens is 256 g/mol. The van der Waals surface area contributed by atoms with Crippen molar-refractivity contribution in [3.8, 4) is 11.8 Å².